The van der Waals surface area contributed by atoms with Gasteiger partial charge < -0.3 is 4.90 Å². The Kier molecular flexibility index (Phi) is 4.25. The molecule has 4 nitrogen and oxygen atoms in total. The van der Waals surface area contributed by atoms with Gasteiger partial charge in [-0.1, -0.05) is 17.7 Å². The van der Waals surface area contributed by atoms with Crippen LogP contribution in [0.5, 0.6) is 0 Å². The van der Waals surface area contributed by atoms with Crippen molar-refractivity contribution in [3.63, 3.8) is 0 Å². The second-order valence-electron chi connectivity index (χ2n) is 5.02. The standard InChI is InChI=1S/C15H15ClN2O2S2/c1-18-7-8-21-15-6-5-13(10-14(15)18)22(19,20)17-12-4-2-3-11(16)9-12/h2-6,9-10,17H,7-8H2,1H3. The van der Waals surface area contributed by atoms with Gasteiger partial charge in [0.1, 0.15) is 0 Å². The maximum absolute atomic E-state index is 12.5. The third-order valence-corrected chi connectivity index (χ3v) is 6.07. The van der Waals surface area contributed by atoms with Crippen LogP contribution in [-0.4, -0.2) is 27.8 Å². The van der Waals surface area contributed by atoms with Crippen molar-refractivity contribution in [2.24, 2.45) is 0 Å². The zero-order chi connectivity index (χ0) is 15.7. The minimum absolute atomic E-state index is 0.251. The molecular weight excluding hydrogens is 340 g/mol. The molecule has 0 aromatic heterocycles. The molecule has 1 aliphatic heterocycles. The lowest BCUT2D eigenvalue weighted by molar-refractivity contribution is 0.601. The first kappa shape index (κ1) is 15.5. The molecule has 1 N–H and O–H groups in total. The molecule has 116 valence electrons. The Labute approximate surface area is 139 Å². The molecule has 0 unspecified atom stereocenters. The largest absolute Gasteiger partial charge is 0.373 e. The highest BCUT2D eigenvalue weighted by molar-refractivity contribution is 7.99. The molecule has 0 saturated carbocycles. The second-order valence-corrected chi connectivity index (χ2v) is 8.27. The van der Waals surface area contributed by atoms with Crippen LogP contribution in [0.15, 0.2) is 52.3 Å². The predicted molar refractivity (Wildman–Crippen MR) is 92.7 cm³/mol. The van der Waals surface area contributed by atoms with Crippen LogP contribution >= 0.6 is 23.4 Å². The quantitative estimate of drug-likeness (QED) is 0.913. The number of sulfonamides is 1. The number of thioether (sulfide) groups is 1. The van der Waals surface area contributed by atoms with E-state index in [0.29, 0.717) is 10.7 Å². The molecule has 0 fully saturated rings. The normalized spacial score (nSPS) is 14.5. The SMILES string of the molecule is CN1CCSc2ccc(S(=O)(=O)Nc3cccc(Cl)c3)cc21. The minimum Gasteiger partial charge on any atom is -0.373 e. The molecule has 0 aliphatic carbocycles. The molecule has 2 aromatic rings. The summed E-state index contributed by atoms with van der Waals surface area (Å²) >= 11 is 7.63. The van der Waals surface area contributed by atoms with E-state index in [1.54, 1.807) is 48.2 Å². The Morgan fingerprint density at radius 2 is 2.05 bits per heavy atom. The Balaban J connectivity index is 1.94. The first-order valence-corrected chi connectivity index (χ1v) is 9.57. The molecule has 7 heteroatoms. The number of fused-ring (bicyclic) bond motifs is 1. The lowest BCUT2D eigenvalue weighted by Gasteiger charge is -2.27. The monoisotopic (exact) mass is 354 g/mol. The zero-order valence-electron chi connectivity index (χ0n) is 11.9. The third-order valence-electron chi connectivity index (χ3n) is 3.41. The van der Waals surface area contributed by atoms with E-state index in [9.17, 15) is 8.42 Å². The fourth-order valence-corrected chi connectivity index (χ4v) is 4.64. The molecular formula is C15H15ClN2O2S2. The molecule has 0 amide bonds. The predicted octanol–water partition coefficient (Wildman–Crippen LogP) is 3.68. The van der Waals surface area contributed by atoms with Gasteiger partial charge in [-0.25, -0.2) is 8.42 Å². The molecule has 22 heavy (non-hydrogen) atoms. The van der Waals surface area contributed by atoms with Gasteiger partial charge in [-0.15, -0.1) is 11.8 Å². The van der Waals surface area contributed by atoms with E-state index in [1.807, 2.05) is 13.1 Å². The molecule has 2 aromatic carbocycles. The van der Waals surface area contributed by atoms with Gasteiger partial charge in [-0.3, -0.25) is 4.72 Å². The Morgan fingerprint density at radius 1 is 1.23 bits per heavy atom. The maximum Gasteiger partial charge on any atom is 0.261 e. The number of benzene rings is 2. The van der Waals surface area contributed by atoms with Crippen molar-refractivity contribution in [1.82, 2.24) is 0 Å². The highest BCUT2D eigenvalue weighted by atomic mass is 35.5. The molecule has 1 aliphatic rings. The molecule has 1 heterocycles. The number of rotatable bonds is 3. The van der Waals surface area contributed by atoms with Crippen molar-refractivity contribution in [3.05, 3.63) is 47.5 Å². The van der Waals surface area contributed by atoms with Crippen LogP contribution in [0.4, 0.5) is 11.4 Å². The van der Waals surface area contributed by atoms with Crippen LogP contribution in [0.1, 0.15) is 0 Å². The average molecular weight is 355 g/mol. The summed E-state index contributed by atoms with van der Waals surface area (Å²) < 4.78 is 27.6. The van der Waals surface area contributed by atoms with Crippen LogP contribution < -0.4 is 9.62 Å². The summed E-state index contributed by atoms with van der Waals surface area (Å²) in [5, 5.41) is 0.488. The van der Waals surface area contributed by atoms with E-state index in [2.05, 4.69) is 9.62 Å². The van der Waals surface area contributed by atoms with Crippen molar-refractivity contribution >= 4 is 44.8 Å². The summed E-state index contributed by atoms with van der Waals surface area (Å²) in [6, 6.07) is 11.9. The van der Waals surface area contributed by atoms with Crippen LogP contribution in [0, 0.1) is 0 Å². The zero-order valence-corrected chi connectivity index (χ0v) is 14.3. The van der Waals surface area contributed by atoms with E-state index in [1.165, 1.54) is 0 Å². The Hall–Kier alpha value is -1.37. The van der Waals surface area contributed by atoms with Crippen molar-refractivity contribution in [3.8, 4) is 0 Å². The summed E-state index contributed by atoms with van der Waals surface area (Å²) in [6.07, 6.45) is 0. The summed E-state index contributed by atoms with van der Waals surface area (Å²) in [5.41, 5.74) is 1.40. The smallest absolute Gasteiger partial charge is 0.261 e. The van der Waals surface area contributed by atoms with Gasteiger partial charge >= 0.3 is 0 Å². The summed E-state index contributed by atoms with van der Waals surface area (Å²) in [5.74, 6) is 1.01. The molecule has 0 bridgehead atoms. The van der Waals surface area contributed by atoms with Crippen LogP contribution in [0.2, 0.25) is 5.02 Å². The van der Waals surface area contributed by atoms with Gasteiger partial charge in [0.15, 0.2) is 0 Å². The Bertz CT molecular complexity index is 809. The first-order chi connectivity index (χ1) is 10.5. The fourth-order valence-electron chi connectivity index (χ4n) is 2.26. The number of anilines is 2. The molecule has 0 saturated heterocycles. The summed E-state index contributed by atoms with van der Waals surface area (Å²) in [6.45, 7) is 0.906. The lowest BCUT2D eigenvalue weighted by Crippen LogP contribution is -2.24. The van der Waals surface area contributed by atoms with E-state index < -0.39 is 10.0 Å². The van der Waals surface area contributed by atoms with Crippen molar-refractivity contribution in [2.75, 3.05) is 29.0 Å². The molecule has 0 radical (unpaired) electrons. The fraction of sp³-hybridized carbons (Fsp3) is 0.200. The summed E-state index contributed by atoms with van der Waals surface area (Å²) in [4.78, 5) is 3.43. The first-order valence-electron chi connectivity index (χ1n) is 6.72. The van der Waals surface area contributed by atoms with Crippen molar-refractivity contribution < 1.29 is 8.42 Å². The van der Waals surface area contributed by atoms with Crippen LogP contribution in [0.3, 0.4) is 0 Å². The Morgan fingerprint density at radius 3 is 2.82 bits per heavy atom. The maximum atomic E-state index is 12.5. The van der Waals surface area contributed by atoms with Gasteiger partial charge in [0, 0.05) is 29.3 Å². The lowest BCUT2D eigenvalue weighted by atomic mass is 10.3. The number of nitrogens with one attached hydrogen (secondary N) is 1. The topological polar surface area (TPSA) is 49.4 Å². The number of halogens is 1. The summed E-state index contributed by atoms with van der Waals surface area (Å²) in [7, 11) is -1.66. The molecule has 0 atom stereocenters. The van der Waals surface area contributed by atoms with Gasteiger partial charge in [-0.05, 0) is 36.4 Å². The van der Waals surface area contributed by atoms with E-state index >= 15 is 0 Å². The van der Waals surface area contributed by atoms with E-state index in [-0.39, 0.29) is 4.90 Å². The number of hydrogen-bond acceptors (Lipinski definition) is 4. The van der Waals surface area contributed by atoms with Crippen molar-refractivity contribution in [2.45, 2.75) is 9.79 Å². The van der Waals surface area contributed by atoms with Gasteiger partial charge in [0.2, 0.25) is 0 Å². The number of hydrogen-bond donors (Lipinski definition) is 1. The van der Waals surface area contributed by atoms with Gasteiger partial charge in [0.05, 0.1) is 16.3 Å². The second kappa shape index (κ2) is 6.02. The van der Waals surface area contributed by atoms with Gasteiger partial charge in [-0.2, -0.15) is 0 Å². The van der Waals surface area contributed by atoms with Crippen molar-refractivity contribution in [1.29, 1.82) is 0 Å². The van der Waals surface area contributed by atoms with E-state index in [4.69, 9.17) is 11.6 Å². The molecule has 3 rings (SSSR count). The molecule has 0 spiro atoms. The number of nitrogens with zero attached hydrogens (tertiary/aromatic N) is 1. The minimum atomic E-state index is -3.63. The van der Waals surface area contributed by atoms with Gasteiger partial charge in [0.25, 0.3) is 10.0 Å². The third kappa shape index (κ3) is 3.19. The van der Waals surface area contributed by atoms with E-state index in [0.717, 1.165) is 22.9 Å². The van der Waals surface area contributed by atoms with Crippen LogP contribution in [0.25, 0.3) is 0 Å². The highest BCUT2D eigenvalue weighted by Gasteiger charge is 2.20. The van der Waals surface area contributed by atoms with Crippen LogP contribution in [-0.2, 0) is 10.0 Å². The highest BCUT2D eigenvalue weighted by Crippen LogP contribution is 2.35. The average Bonchev–Trinajstić information content (AvgIpc) is 2.47.